The van der Waals surface area contributed by atoms with Gasteiger partial charge in [-0.05, 0) is 55.2 Å². The van der Waals surface area contributed by atoms with Gasteiger partial charge in [-0.25, -0.2) is 4.79 Å². The molecule has 4 rings (SSSR count). The molecule has 1 fully saturated rings. The molecule has 2 aliphatic rings. The van der Waals surface area contributed by atoms with Gasteiger partial charge in [0.25, 0.3) is 0 Å². The van der Waals surface area contributed by atoms with Crippen LogP contribution in [0.3, 0.4) is 0 Å². The van der Waals surface area contributed by atoms with Crippen LogP contribution in [0.5, 0.6) is 0 Å². The number of fused-ring (bicyclic) bond motifs is 1. The third kappa shape index (κ3) is 4.62. The third-order valence-electron chi connectivity index (χ3n) is 5.99. The van der Waals surface area contributed by atoms with Gasteiger partial charge in [-0.1, -0.05) is 12.1 Å². The minimum absolute atomic E-state index is 0.196. The molecule has 1 saturated heterocycles. The lowest BCUT2D eigenvalue weighted by Gasteiger charge is -2.16. The molecule has 1 heterocycles. The summed E-state index contributed by atoms with van der Waals surface area (Å²) in [7, 11) is 0. The number of hydrogen-bond acceptors (Lipinski definition) is 6. The molecule has 0 spiro atoms. The number of aryl methyl sites for hydroxylation is 1. The Kier molecular flexibility index (Phi) is 6.22. The number of anilines is 1. The van der Waals surface area contributed by atoms with E-state index in [2.05, 4.69) is 5.32 Å². The van der Waals surface area contributed by atoms with E-state index in [1.54, 1.807) is 36.4 Å². The molecular weight excluding hydrogens is 422 g/mol. The van der Waals surface area contributed by atoms with Crippen LogP contribution in [0.1, 0.15) is 51.6 Å². The number of benzene rings is 2. The molecule has 0 radical (unpaired) electrons. The summed E-state index contributed by atoms with van der Waals surface area (Å²) in [6, 6.07) is 13.5. The van der Waals surface area contributed by atoms with E-state index < -0.39 is 18.1 Å². The summed E-state index contributed by atoms with van der Waals surface area (Å²) in [5.74, 6) is -1.44. The van der Waals surface area contributed by atoms with E-state index in [-0.39, 0.29) is 24.0 Å². The van der Waals surface area contributed by atoms with Crippen LogP contribution >= 0.6 is 0 Å². The van der Waals surface area contributed by atoms with E-state index in [4.69, 9.17) is 10.00 Å². The normalized spacial score (nSPS) is 19.8. The molecule has 2 aromatic carbocycles. The van der Waals surface area contributed by atoms with Crippen LogP contribution in [0.25, 0.3) is 0 Å². The molecule has 0 aromatic heterocycles. The number of nitrogens with one attached hydrogen (secondary N) is 1. The second kappa shape index (κ2) is 9.25. The Bertz CT molecular complexity index is 1170. The molecule has 0 bridgehead atoms. The largest absolute Gasteiger partial charge is 0.442 e. The highest BCUT2D eigenvalue weighted by Gasteiger charge is 2.35. The maximum atomic E-state index is 13.3. The van der Waals surface area contributed by atoms with Crippen LogP contribution < -0.4 is 10.2 Å². The fourth-order valence-electron chi connectivity index (χ4n) is 4.27. The van der Waals surface area contributed by atoms with Crippen LogP contribution in [0.4, 0.5) is 10.5 Å². The Labute approximate surface area is 191 Å². The molecule has 1 aliphatic heterocycles. The monoisotopic (exact) mass is 445 g/mol. The number of nitriles is 1. The van der Waals surface area contributed by atoms with Crippen molar-refractivity contribution in [3.8, 4) is 6.07 Å². The SMILES string of the molecule is CC(=O)NC[C@H]1CN(c2ccc3c(c2)CCCC(C(=O)c2ccc(C#N)cc2)C3=O)C(=O)O1. The predicted octanol–water partition coefficient (Wildman–Crippen LogP) is 3.04. The summed E-state index contributed by atoms with van der Waals surface area (Å²) in [5, 5.41) is 11.6. The number of carbonyl (C=O) groups excluding carboxylic acids is 4. The molecule has 2 aromatic rings. The number of amides is 2. The number of Topliss-reactive ketones (excluding diaryl/α,β-unsaturated/α-hetero) is 2. The summed E-state index contributed by atoms with van der Waals surface area (Å²) in [6.45, 7) is 1.93. The first-order valence-electron chi connectivity index (χ1n) is 10.8. The second-order valence-corrected chi connectivity index (χ2v) is 8.26. The van der Waals surface area contributed by atoms with E-state index >= 15 is 0 Å². The van der Waals surface area contributed by atoms with E-state index in [9.17, 15) is 19.2 Å². The smallest absolute Gasteiger partial charge is 0.414 e. The van der Waals surface area contributed by atoms with Crippen LogP contribution in [-0.2, 0) is 16.0 Å². The summed E-state index contributed by atoms with van der Waals surface area (Å²) in [4.78, 5) is 51.2. The van der Waals surface area contributed by atoms with Crippen molar-refractivity contribution in [2.45, 2.75) is 32.3 Å². The minimum atomic E-state index is -0.774. The second-order valence-electron chi connectivity index (χ2n) is 8.26. The van der Waals surface area contributed by atoms with Crippen LogP contribution in [0, 0.1) is 17.2 Å². The zero-order chi connectivity index (χ0) is 23.5. The Hall–Kier alpha value is -3.99. The van der Waals surface area contributed by atoms with Crippen LogP contribution in [0.2, 0.25) is 0 Å². The van der Waals surface area contributed by atoms with Crippen molar-refractivity contribution in [2.75, 3.05) is 18.0 Å². The van der Waals surface area contributed by atoms with Gasteiger partial charge in [-0.2, -0.15) is 5.26 Å². The molecule has 2 atom stereocenters. The Morgan fingerprint density at radius 1 is 1.18 bits per heavy atom. The van der Waals surface area contributed by atoms with Gasteiger partial charge < -0.3 is 10.1 Å². The van der Waals surface area contributed by atoms with Crippen molar-refractivity contribution in [1.82, 2.24) is 5.32 Å². The van der Waals surface area contributed by atoms with E-state index in [1.807, 2.05) is 12.1 Å². The first-order chi connectivity index (χ1) is 15.9. The number of carbonyl (C=O) groups is 4. The highest BCUT2D eigenvalue weighted by molar-refractivity contribution is 6.17. The first-order valence-corrected chi connectivity index (χ1v) is 10.8. The zero-order valence-electron chi connectivity index (χ0n) is 18.2. The number of nitrogens with zero attached hydrogens (tertiary/aromatic N) is 2. The number of rotatable bonds is 5. The van der Waals surface area contributed by atoms with Gasteiger partial charge in [0.2, 0.25) is 5.91 Å². The highest BCUT2D eigenvalue weighted by Crippen LogP contribution is 2.31. The van der Waals surface area contributed by atoms with Gasteiger partial charge >= 0.3 is 6.09 Å². The van der Waals surface area contributed by atoms with Crippen molar-refractivity contribution in [1.29, 1.82) is 5.26 Å². The molecule has 8 heteroatoms. The molecule has 0 saturated carbocycles. The molecule has 2 amide bonds. The summed E-state index contributed by atoms with van der Waals surface area (Å²) < 4.78 is 5.32. The zero-order valence-corrected chi connectivity index (χ0v) is 18.2. The van der Waals surface area contributed by atoms with Crippen molar-refractivity contribution >= 4 is 29.3 Å². The van der Waals surface area contributed by atoms with Crippen molar-refractivity contribution in [3.63, 3.8) is 0 Å². The van der Waals surface area contributed by atoms with E-state index in [0.717, 1.165) is 5.56 Å². The van der Waals surface area contributed by atoms with E-state index in [0.29, 0.717) is 48.2 Å². The van der Waals surface area contributed by atoms with Crippen molar-refractivity contribution in [2.24, 2.45) is 5.92 Å². The average molecular weight is 445 g/mol. The average Bonchev–Trinajstić information content (AvgIpc) is 3.11. The molecule has 33 heavy (non-hydrogen) atoms. The standard InChI is InChI=1S/C25H23N3O5/c1-15(29)27-13-20-14-28(25(32)33-20)19-9-10-21-18(11-19)3-2-4-22(24(21)31)23(30)17-7-5-16(12-26)6-8-17/h5-11,20,22H,2-4,13-14H2,1H3,(H,27,29)/t20-,22?/m0/s1. The lowest BCUT2D eigenvalue weighted by molar-refractivity contribution is -0.119. The Morgan fingerprint density at radius 2 is 1.94 bits per heavy atom. The van der Waals surface area contributed by atoms with Gasteiger partial charge in [0.1, 0.15) is 6.10 Å². The van der Waals surface area contributed by atoms with E-state index in [1.165, 1.54) is 11.8 Å². The first kappa shape index (κ1) is 22.2. The van der Waals surface area contributed by atoms with Gasteiger partial charge in [0.05, 0.1) is 30.6 Å². The fourth-order valence-corrected chi connectivity index (χ4v) is 4.27. The quantitative estimate of drug-likeness (QED) is 0.430. The highest BCUT2D eigenvalue weighted by atomic mass is 16.6. The maximum absolute atomic E-state index is 13.3. The molecule has 8 nitrogen and oxygen atoms in total. The van der Waals surface area contributed by atoms with Gasteiger partial charge in [0.15, 0.2) is 11.6 Å². The Balaban J connectivity index is 1.53. The van der Waals surface area contributed by atoms with Crippen LogP contribution in [-0.4, -0.2) is 42.8 Å². The summed E-state index contributed by atoms with van der Waals surface area (Å²) >= 11 is 0. The summed E-state index contributed by atoms with van der Waals surface area (Å²) in [5.41, 5.74) is 2.78. The topological polar surface area (TPSA) is 117 Å². The van der Waals surface area contributed by atoms with Crippen LogP contribution in [0.15, 0.2) is 42.5 Å². The maximum Gasteiger partial charge on any atom is 0.414 e. The molecule has 168 valence electrons. The molecule has 1 unspecified atom stereocenters. The third-order valence-corrected chi connectivity index (χ3v) is 5.99. The van der Waals surface area contributed by atoms with Gasteiger partial charge in [0, 0.05) is 23.7 Å². The van der Waals surface area contributed by atoms with Gasteiger partial charge in [-0.15, -0.1) is 0 Å². The Morgan fingerprint density at radius 3 is 2.64 bits per heavy atom. The number of ether oxygens (including phenoxy) is 1. The lowest BCUT2D eigenvalue weighted by atomic mass is 9.88. The van der Waals surface area contributed by atoms with Crippen molar-refractivity contribution in [3.05, 3.63) is 64.7 Å². The number of hydrogen-bond donors (Lipinski definition) is 1. The van der Waals surface area contributed by atoms with Crippen molar-refractivity contribution < 1.29 is 23.9 Å². The minimum Gasteiger partial charge on any atom is -0.442 e. The molecule has 1 aliphatic carbocycles. The lowest BCUT2D eigenvalue weighted by Crippen LogP contribution is -2.33. The predicted molar refractivity (Wildman–Crippen MR) is 119 cm³/mol. The van der Waals surface area contributed by atoms with Gasteiger partial charge in [-0.3, -0.25) is 19.3 Å². The number of ketones is 2. The fraction of sp³-hybridized carbons (Fsp3) is 0.320. The molecule has 1 N–H and O–H groups in total. The molecular formula is C25H23N3O5. The number of cyclic esters (lactones) is 1. The summed E-state index contributed by atoms with van der Waals surface area (Å²) in [6.07, 6.45) is 0.761.